The molecule has 4 nitrogen and oxygen atoms in total. The van der Waals surface area contributed by atoms with Gasteiger partial charge in [0, 0.05) is 0 Å². The van der Waals surface area contributed by atoms with Gasteiger partial charge >= 0.3 is 0 Å². The van der Waals surface area contributed by atoms with Gasteiger partial charge in [0.1, 0.15) is 10.8 Å². The number of aromatic nitrogens is 2. The lowest BCUT2D eigenvalue weighted by atomic mass is 10.2. The summed E-state index contributed by atoms with van der Waals surface area (Å²) in [7, 11) is 0. The maximum absolute atomic E-state index is 8.83. The summed E-state index contributed by atoms with van der Waals surface area (Å²) in [4.78, 5) is 0. The highest BCUT2D eigenvalue weighted by atomic mass is 35.5. The number of rotatable bonds is 3. The molecule has 0 atom stereocenters. The molecule has 0 amide bonds. The van der Waals surface area contributed by atoms with Crippen molar-refractivity contribution in [2.45, 2.75) is 13.5 Å². The highest BCUT2D eigenvalue weighted by molar-refractivity contribution is 7.13. The van der Waals surface area contributed by atoms with Crippen LogP contribution >= 0.6 is 22.9 Å². The predicted molar refractivity (Wildman–Crippen MR) is 62.1 cm³/mol. The van der Waals surface area contributed by atoms with Crippen LogP contribution in [0.25, 0.3) is 0 Å². The zero-order valence-electron chi connectivity index (χ0n) is 8.48. The number of halogens is 1. The third kappa shape index (κ3) is 2.49. The van der Waals surface area contributed by atoms with E-state index < -0.39 is 0 Å². The highest BCUT2D eigenvalue weighted by Gasteiger charge is 2.08. The van der Waals surface area contributed by atoms with Gasteiger partial charge in [-0.15, -0.1) is 5.10 Å². The summed E-state index contributed by atoms with van der Waals surface area (Å²) in [5.41, 5.74) is 1.06. The summed E-state index contributed by atoms with van der Waals surface area (Å²) in [6.07, 6.45) is 0. The van der Waals surface area contributed by atoms with Crippen LogP contribution in [0.1, 0.15) is 10.6 Å². The molecule has 0 aliphatic rings. The Morgan fingerprint density at radius 2 is 2.25 bits per heavy atom. The van der Waals surface area contributed by atoms with Gasteiger partial charge in [-0.05, 0) is 24.6 Å². The summed E-state index contributed by atoms with van der Waals surface area (Å²) >= 11 is 7.19. The normalized spacial score (nSPS) is 10.4. The Morgan fingerprint density at radius 3 is 2.88 bits per heavy atom. The fraction of sp³-hybridized carbons (Fsp3) is 0.200. The average Bonchev–Trinajstić information content (AvgIpc) is 2.70. The number of benzene rings is 1. The van der Waals surface area contributed by atoms with Gasteiger partial charge in [-0.3, -0.25) is 0 Å². The van der Waals surface area contributed by atoms with Crippen LogP contribution in [0.5, 0.6) is 10.9 Å². The molecule has 0 aliphatic carbocycles. The lowest BCUT2D eigenvalue weighted by Gasteiger charge is -2.03. The zero-order chi connectivity index (χ0) is 11.5. The standard InChI is InChI=1S/C10H9ClN2O2S/c1-6-2-3-8(7(11)4-6)15-10-13-12-9(5-14)16-10/h2-4,14H,5H2,1H3. The zero-order valence-corrected chi connectivity index (χ0v) is 10.0. The molecule has 0 saturated heterocycles. The third-order valence-corrected chi connectivity index (χ3v) is 2.95. The van der Waals surface area contributed by atoms with Crippen molar-refractivity contribution in [3.05, 3.63) is 33.8 Å². The van der Waals surface area contributed by atoms with Gasteiger partial charge in [-0.25, -0.2) is 0 Å². The molecular formula is C10H9ClN2O2S. The van der Waals surface area contributed by atoms with E-state index in [4.69, 9.17) is 21.4 Å². The summed E-state index contributed by atoms with van der Waals surface area (Å²) in [5, 5.41) is 17.7. The molecule has 2 rings (SSSR count). The highest BCUT2D eigenvalue weighted by Crippen LogP contribution is 2.31. The first-order valence-electron chi connectivity index (χ1n) is 4.56. The largest absolute Gasteiger partial charge is 0.428 e. The summed E-state index contributed by atoms with van der Waals surface area (Å²) in [6.45, 7) is 1.81. The molecule has 2 aromatic rings. The van der Waals surface area contributed by atoms with Crippen LogP contribution in [0, 0.1) is 6.92 Å². The molecule has 0 saturated carbocycles. The Hall–Kier alpha value is -1.17. The molecule has 6 heteroatoms. The van der Waals surface area contributed by atoms with Gasteiger partial charge < -0.3 is 9.84 Å². The molecule has 1 aromatic carbocycles. The number of aryl methyl sites for hydroxylation is 1. The minimum absolute atomic E-state index is 0.136. The molecule has 0 spiro atoms. The third-order valence-electron chi connectivity index (χ3n) is 1.87. The topological polar surface area (TPSA) is 55.2 Å². The van der Waals surface area contributed by atoms with Crippen LogP contribution < -0.4 is 4.74 Å². The van der Waals surface area contributed by atoms with Gasteiger partial charge in [0.05, 0.1) is 11.6 Å². The van der Waals surface area contributed by atoms with E-state index in [2.05, 4.69) is 10.2 Å². The van der Waals surface area contributed by atoms with Crippen molar-refractivity contribution in [1.29, 1.82) is 0 Å². The van der Waals surface area contributed by atoms with E-state index in [1.807, 2.05) is 19.1 Å². The smallest absolute Gasteiger partial charge is 0.299 e. The van der Waals surface area contributed by atoms with Gasteiger partial charge in [-0.2, -0.15) is 0 Å². The lowest BCUT2D eigenvalue weighted by molar-refractivity contribution is 0.280. The minimum atomic E-state index is -0.136. The number of aliphatic hydroxyl groups excluding tert-OH is 1. The van der Waals surface area contributed by atoms with E-state index in [1.165, 1.54) is 11.3 Å². The van der Waals surface area contributed by atoms with Gasteiger partial charge in [0.15, 0.2) is 0 Å². The van der Waals surface area contributed by atoms with Crippen LogP contribution in [0.15, 0.2) is 18.2 Å². The van der Waals surface area contributed by atoms with Crippen molar-refractivity contribution in [2.75, 3.05) is 0 Å². The van der Waals surface area contributed by atoms with Crippen molar-refractivity contribution in [3.63, 3.8) is 0 Å². The minimum Gasteiger partial charge on any atom is -0.428 e. The van der Waals surface area contributed by atoms with Gasteiger partial charge in [-0.1, -0.05) is 34.1 Å². The van der Waals surface area contributed by atoms with Crippen molar-refractivity contribution in [3.8, 4) is 10.9 Å². The number of hydrogen-bond donors (Lipinski definition) is 1. The first-order chi connectivity index (χ1) is 7.69. The maximum atomic E-state index is 8.83. The lowest BCUT2D eigenvalue weighted by Crippen LogP contribution is -1.85. The second-order valence-corrected chi connectivity index (χ2v) is 4.59. The van der Waals surface area contributed by atoms with E-state index in [-0.39, 0.29) is 6.61 Å². The second-order valence-electron chi connectivity index (χ2n) is 3.16. The SMILES string of the molecule is Cc1ccc(Oc2nnc(CO)s2)c(Cl)c1. The molecule has 16 heavy (non-hydrogen) atoms. The fourth-order valence-corrected chi connectivity index (χ4v) is 1.96. The molecule has 0 radical (unpaired) electrons. The van der Waals surface area contributed by atoms with Crippen LogP contribution in [0.4, 0.5) is 0 Å². The van der Waals surface area contributed by atoms with Crippen molar-refractivity contribution in [1.82, 2.24) is 10.2 Å². The molecule has 0 unspecified atom stereocenters. The number of ether oxygens (including phenoxy) is 1. The van der Waals surface area contributed by atoms with Crippen LogP contribution in [0.3, 0.4) is 0 Å². The summed E-state index contributed by atoms with van der Waals surface area (Å²) in [5.74, 6) is 0.535. The Labute approximate surface area is 101 Å². The van der Waals surface area contributed by atoms with Crippen molar-refractivity contribution >= 4 is 22.9 Å². The molecular weight excluding hydrogens is 248 g/mol. The molecule has 1 N–H and O–H groups in total. The van der Waals surface area contributed by atoms with E-state index in [1.54, 1.807) is 6.07 Å². The van der Waals surface area contributed by atoms with Gasteiger partial charge in [0.2, 0.25) is 0 Å². The second kappa shape index (κ2) is 4.78. The Kier molecular flexibility index (Phi) is 3.38. The fourth-order valence-electron chi connectivity index (χ4n) is 1.13. The summed E-state index contributed by atoms with van der Waals surface area (Å²) in [6, 6.07) is 5.48. The van der Waals surface area contributed by atoms with E-state index in [0.29, 0.717) is 21.0 Å². The monoisotopic (exact) mass is 256 g/mol. The molecule has 1 heterocycles. The number of hydrogen-bond acceptors (Lipinski definition) is 5. The molecule has 0 aliphatic heterocycles. The van der Waals surface area contributed by atoms with E-state index in [0.717, 1.165) is 5.56 Å². The molecule has 84 valence electrons. The Bertz CT molecular complexity index is 501. The Morgan fingerprint density at radius 1 is 1.44 bits per heavy atom. The Balaban J connectivity index is 2.20. The maximum Gasteiger partial charge on any atom is 0.299 e. The first-order valence-corrected chi connectivity index (χ1v) is 5.75. The quantitative estimate of drug-likeness (QED) is 0.918. The van der Waals surface area contributed by atoms with Crippen molar-refractivity contribution < 1.29 is 9.84 Å². The number of aliphatic hydroxyl groups is 1. The van der Waals surface area contributed by atoms with Crippen LogP contribution in [0.2, 0.25) is 5.02 Å². The van der Waals surface area contributed by atoms with Crippen molar-refractivity contribution in [2.24, 2.45) is 0 Å². The molecule has 1 aromatic heterocycles. The van der Waals surface area contributed by atoms with E-state index in [9.17, 15) is 0 Å². The van der Waals surface area contributed by atoms with E-state index >= 15 is 0 Å². The van der Waals surface area contributed by atoms with Crippen LogP contribution in [-0.4, -0.2) is 15.3 Å². The summed E-state index contributed by atoms with van der Waals surface area (Å²) < 4.78 is 5.45. The van der Waals surface area contributed by atoms with Crippen LogP contribution in [-0.2, 0) is 6.61 Å². The predicted octanol–water partition coefficient (Wildman–Crippen LogP) is 2.78. The number of nitrogens with zero attached hydrogens (tertiary/aromatic N) is 2. The van der Waals surface area contributed by atoms with Gasteiger partial charge in [0.25, 0.3) is 5.19 Å². The molecule has 0 fully saturated rings. The first kappa shape index (κ1) is 11.3. The average molecular weight is 257 g/mol. The molecule has 0 bridgehead atoms.